The molecule has 0 saturated carbocycles. The lowest BCUT2D eigenvalue weighted by Gasteiger charge is -2.27. The van der Waals surface area contributed by atoms with Gasteiger partial charge in [-0.3, -0.25) is 0 Å². The summed E-state index contributed by atoms with van der Waals surface area (Å²) in [6.45, 7) is 4.41. The van der Waals surface area contributed by atoms with Crippen molar-refractivity contribution in [1.29, 1.82) is 0 Å². The molecule has 1 fully saturated rings. The molecule has 1 aliphatic heterocycles. The highest BCUT2D eigenvalue weighted by molar-refractivity contribution is 9.10. The highest BCUT2D eigenvalue weighted by Crippen LogP contribution is 2.40. The van der Waals surface area contributed by atoms with Crippen molar-refractivity contribution in [3.63, 3.8) is 0 Å². The van der Waals surface area contributed by atoms with E-state index in [2.05, 4.69) is 26.1 Å². The Labute approximate surface area is 130 Å². The van der Waals surface area contributed by atoms with Crippen LogP contribution in [-0.4, -0.2) is 44.7 Å². The second kappa shape index (κ2) is 6.98. The second-order valence-electron chi connectivity index (χ2n) is 4.99. The third kappa shape index (κ3) is 4.34. The van der Waals surface area contributed by atoms with Gasteiger partial charge in [-0.25, -0.2) is 0 Å². The first-order chi connectivity index (χ1) is 9.91. The minimum Gasteiger partial charge on any atom is -0.496 e. The maximum absolute atomic E-state index is 13.1. The Morgan fingerprint density at radius 3 is 2.52 bits per heavy atom. The van der Waals surface area contributed by atoms with Crippen molar-refractivity contribution in [1.82, 2.24) is 10.2 Å². The van der Waals surface area contributed by atoms with E-state index in [4.69, 9.17) is 4.74 Å². The first-order valence-corrected chi connectivity index (χ1v) is 7.58. The second-order valence-corrected chi connectivity index (χ2v) is 5.90. The highest BCUT2D eigenvalue weighted by Gasteiger charge is 2.35. The number of nitrogens with zero attached hydrogens (tertiary/aromatic N) is 1. The van der Waals surface area contributed by atoms with Gasteiger partial charge in [0.05, 0.1) is 12.7 Å². The van der Waals surface area contributed by atoms with Gasteiger partial charge in [-0.05, 0) is 24.1 Å². The monoisotopic (exact) mass is 366 g/mol. The standard InChI is InChI=1S/C14H18BrF3N2O/c1-21-13-10(2-5-20-6-3-19-4-7-20)8-11(15)9-12(13)14(16,17)18/h8-9,19H,2-7H2,1H3. The Bertz CT molecular complexity index is 488. The molecule has 0 radical (unpaired) electrons. The van der Waals surface area contributed by atoms with E-state index < -0.39 is 11.7 Å². The van der Waals surface area contributed by atoms with Crippen LogP contribution in [-0.2, 0) is 12.6 Å². The van der Waals surface area contributed by atoms with Gasteiger partial charge in [-0.1, -0.05) is 15.9 Å². The molecule has 1 N–H and O–H groups in total. The molecular formula is C14H18BrF3N2O. The molecule has 0 amide bonds. The minimum atomic E-state index is -4.42. The fourth-order valence-corrected chi connectivity index (χ4v) is 3.01. The molecule has 1 saturated heterocycles. The molecule has 1 heterocycles. The molecule has 1 aliphatic rings. The molecule has 0 atom stereocenters. The predicted octanol–water partition coefficient (Wildman–Crippen LogP) is 2.92. The van der Waals surface area contributed by atoms with Gasteiger partial charge in [0.15, 0.2) is 0 Å². The normalized spacial score (nSPS) is 17.0. The van der Waals surface area contributed by atoms with Gasteiger partial charge < -0.3 is 15.0 Å². The summed E-state index contributed by atoms with van der Waals surface area (Å²) in [5.41, 5.74) is -0.146. The van der Waals surface area contributed by atoms with E-state index in [1.54, 1.807) is 6.07 Å². The van der Waals surface area contributed by atoms with Crippen LogP contribution in [0, 0.1) is 0 Å². The van der Waals surface area contributed by atoms with Crippen LogP contribution in [0.5, 0.6) is 5.75 Å². The summed E-state index contributed by atoms with van der Waals surface area (Å²) in [4.78, 5) is 2.24. The smallest absolute Gasteiger partial charge is 0.420 e. The number of nitrogens with one attached hydrogen (secondary N) is 1. The Morgan fingerprint density at radius 2 is 1.95 bits per heavy atom. The van der Waals surface area contributed by atoms with Gasteiger partial charge in [-0.15, -0.1) is 0 Å². The first kappa shape index (κ1) is 16.6. The average Bonchev–Trinajstić information content (AvgIpc) is 2.44. The van der Waals surface area contributed by atoms with E-state index in [-0.39, 0.29) is 5.75 Å². The summed E-state index contributed by atoms with van der Waals surface area (Å²) in [6.07, 6.45) is -3.88. The number of hydrogen-bond donors (Lipinski definition) is 1. The number of rotatable bonds is 4. The third-order valence-electron chi connectivity index (χ3n) is 3.55. The number of alkyl halides is 3. The van der Waals surface area contributed by atoms with Crippen molar-refractivity contribution >= 4 is 15.9 Å². The molecule has 7 heteroatoms. The lowest BCUT2D eigenvalue weighted by Crippen LogP contribution is -2.44. The van der Waals surface area contributed by atoms with Crippen LogP contribution in [0.1, 0.15) is 11.1 Å². The Hall–Kier alpha value is -0.790. The summed E-state index contributed by atoms with van der Waals surface area (Å²) in [5.74, 6) is -0.0687. The molecule has 3 nitrogen and oxygen atoms in total. The van der Waals surface area contributed by atoms with E-state index in [1.807, 2.05) is 0 Å². The Morgan fingerprint density at radius 1 is 1.29 bits per heavy atom. The van der Waals surface area contributed by atoms with Gasteiger partial charge in [-0.2, -0.15) is 13.2 Å². The van der Waals surface area contributed by atoms with E-state index in [0.29, 0.717) is 16.5 Å². The van der Waals surface area contributed by atoms with Crippen molar-refractivity contribution in [2.24, 2.45) is 0 Å². The fraction of sp³-hybridized carbons (Fsp3) is 0.571. The largest absolute Gasteiger partial charge is 0.496 e. The molecule has 21 heavy (non-hydrogen) atoms. The van der Waals surface area contributed by atoms with Crippen LogP contribution >= 0.6 is 15.9 Å². The summed E-state index contributed by atoms with van der Waals surface area (Å²) in [5, 5.41) is 3.25. The van der Waals surface area contributed by atoms with Gasteiger partial charge in [0, 0.05) is 37.2 Å². The molecular weight excluding hydrogens is 349 g/mol. The fourth-order valence-electron chi connectivity index (χ4n) is 2.50. The maximum atomic E-state index is 13.1. The molecule has 1 aromatic carbocycles. The number of benzene rings is 1. The summed E-state index contributed by atoms with van der Waals surface area (Å²) < 4.78 is 44.7. The molecule has 0 spiro atoms. The van der Waals surface area contributed by atoms with E-state index in [0.717, 1.165) is 38.8 Å². The predicted molar refractivity (Wildman–Crippen MR) is 78.7 cm³/mol. The van der Waals surface area contributed by atoms with Gasteiger partial charge >= 0.3 is 6.18 Å². The number of hydrogen-bond acceptors (Lipinski definition) is 3. The van der Waals surface area contributed by atoms with Crippen LogP contribution in [0.2, 0.25) is 0 Å². The quantitative estimate of drug-likeness (QED) is 0.886. The van der Waals surface area contributed by atoms with E-state index >= 15 is 0 Å². The van der Waals surface area contributed by atoms with Crippen LogP contribution in [0.25, 0.3) is 0 Å². The number of ether oxygens (including phenoxy) is 1. The number of piperazine rings is 1. The van der Waals surface area contributed by atoms with Gasteiger partial charge in [0.25, 0.3) is 0 Å². The Balaban J connectivity index is 2.19. The molecule has 118 valence electrons. The van der Waals surface area contributed by atoms with Crippen LogP contribution in [0.15, 0.2) is 16.6 Å². The lowest BCUT2D eigenvalue weighted by molar-refractivity contribution is -0.138. The average molecular weight is 367 g/mol. The minimum absolute atomic E-state index is 0.0687. The zero-order valence-corrected chi connectivity index (χ0v) is 13.4. The zero-order chi connectivity index (χ0) is 15.5. The molecule has 0 bridgehead atoms. The maximum Gasteiger partial charge on any atom is 0.420 e. The first-order valence-electron chi connectivity index (χ1n) is 6.78. The topological polar surface area (TPSA) is 24.5 Å². The summed E-state index contributed by atoms with van der Waals surface area (Å²) in [7, 11) is 1.28. The summed E-state index contributed by atoms with van der Waals surface area (Å²) >= 11 is 3.16. The number of methoxy groups -OCH3 is 1. The van der Waals surface area contributed by atoms with Crippen molar-refractivity contribution in [3.05, 3.63) is 27.7 Å². The van der Waals surface area contributed by atoms with Crippen molar-refractivity contribution in [2.45, 2.75) is 12.6 Å². The third-order valence-corrected chi connectivity index (χ3v) is 4.00. The van der Waals surface area contributed by atoms with E-state index in [1.165, 1.54) is 7.11 Å². The van der Waals surface area contributed by atoms with Crippen molar-refractivity contribution < 1.29 is 17.9 Å². The molecule has 1 aromatic rings. The number of halogens is 4. The van der Waals surface area contributed by atoms with Gasteiger partial charge in [0.2, 0.25) is 0 Å². The zero-order valence-electron chi connectivity index (χ0n) is 11.8. The van der Waals surface area contributed by atoms with Crippen molar-refractivity contribution in [2.75, 3.05) is 39.8 Å². The highest BCUT2D eigenvalue weighted by atomic mass is 79.9. The van der Waals surface area contributed by atoms with Crippen molar-refractivity contribution in [3.8, 4) is 5.75 Å². The summed E-state index contributed by atoms with van der Waals surface area (Å²) in [6, 6.07) is 2.77. The lowest BCUT2D eigenvalue weighted by atomic mass is 10.0. The Kier molecular flexibility index (Phi) is 5.51. The van der Waals surface area contributed by atoms with Crippen LogP contribution in [0.3, 0.4) is 0 Å². The molecule has 0 aliphatic carbocycles. The molecule has 0 unspecified atom stereocenters. The van der Waals surface area contributed by atoms with Crippen LogP contribution < -0.4 is 10.1 Å². The van der Waals surface area contributed by atoms with Gasteiger partial charge in [0.1, 0.15) is 5.75 Å². The molecule has 0 aromatic heterocycles. The van der Waals surface area contributed by atoms with E-state index in [9.17, 15) is 13.2 Å². The molecule has 2 rings (SSSR count). The van der Waals surface area contributed by atoms with Crippen LogP contribution in [0.4, 0.5) is 13.2 Å². The SMILES string of the molecule is COc1c(CCN2CCNCC2)cc(Br)cc1C(F)(F)F.